The second-order valence-electron chi connectivity index (χ2n) is 7.80. The van der Waals surface area contributed by atoms with Gasteiger partial charge in [-0.2, -0.15) is 26.3 Å². The largest absolute Gasteiger partial charge is 0.497 e. The van der Waals surface area contributed by atoms with Crippen LogP contribution in [-0.2, 0) is 38.5 Å². The summed E-state index contributed by atoms with van der Waals surface area (Å²) in [5, 5.41) is 0. The minimum Gasteiger partial charge on any atom is -0.372 e. The fourth-order valence-electron chi connectivity index (χ4n) is 3.88. The number of hydrogen-bond donors (Lipinski definition) is 0. The molecule has 0 N–H and O–H groups in total. The SMILES string of the molecule is COC(c1ccc(C(F)(F)F)cc1)c1cccc2c1CCN(C(=O)CCS(=O)(=O)C(F)(F)F)C2. The van der Waals surface area contributed by atoms with Crippen LogP contribution in [0.15, 0.2) is 42.5 Å². The predicted octanol–water partition coefficient (Wildman–Crippen LogP) is 4.65. The number of benzene rings is 2. The normalized spacial score (nSPS) is 15.7. The van der Waals surface area contributed by atoms with Gasteiger partial charge in [0.25, 0.3) is 0 Å². The lowest BCUT2D eigenvalue weighted by Crippen LogP contribution is -2.38. The lowest BCUT2D eigenvalue weighted by molar-refractivity contribution is -0.137. The minimum absolute atomic E-state index is 0.0670. The molecule has 0 fully saturated rings. The standard InChI is InChI=1S/C22H21F6NO4S/c1-33-20(14-5-7-16(8-6-14)21(23,24)25)18-4-2-3-15-13-29(11-9-17(15)18)19(30)10-12-34(31,32)22(26,27)28/h2-8,20H,9-13H2,1H3. The Morgan fingerprint density at radius 3 is 2.26 bits per heavy atom. The first kappa shape index (κ1) is 26.0. The van der Waals surface area contributed by atoms with E-state index in [0.717, 1.165) is 17.7 Å². The Morgan fingerprint density at radius 1 is 1.06 bits per heavy atom. The summed E-state index contributed by atoms with van der Waals surface area (Å²) in [5.41, 5.74) is -3.48. The van der Waals surface area contributed by atoms with E-state index in [-0.39, 0.29) is 13.1 Å². The van der Waals surface area contributed by atoms with Crippen LogP contribution in [0.2, 0.25) is 0 Å². The van der Waals surface area contributed by atoms with Gasteiger partial charge in [-0.25, -0.2) is 8.42 Å². The molecule has 1 atom stereocenters. The van der Waals surface area contributed by atoms with Crippen LogP contribution in [0, 0.1) is 0 Å². The zero-order valence-corrected chi connectivity index (χ0v) is 18.7. The number of fused-ring (bicyclic) bond motifs is 1. The molecule has 1 heterocycles. The van der Waals surface area contributed by atoms with E-state index in [4.69, 9.17) is 4.74 Å². The molecule has 0 radical (unpaired) electrons. The van der Waals surface area contributed by atoms with Crippen molar-refractivity contribution in [1.29, 1.82) is 0 Å². The van der Waals surface area contributed by atoms with Gasteiger partial charge in [-0.05, 0) is 40.8 Å². The van der Waals surface area contributed by atoms with Crippen LogP contribution in [0.4, 0.5) is 26.3 Å². The fraction of sp³-hybridized carbons (Fsp3) is 0.409. The molecule has 1 aliphatic heterocycles. The Hall–Kier alpha value is -2.60. The van der Waals surface area contributed by atoms with E-state index in [1.54, 1.807) is 18.2 Å². The summed E-state index contributed by atoms with van der Waals surface area (Å²) in [6.45, 7) is 0.218. The quantitative estimate of drug-likeness (QED) is 0.532. The zero-order chi connectivity index (χ0) is 25.3. The molecule has 2 aromatic carbocycles. The number of alkyl halides is 6. The molecule has 0 bridgehead atoms. The Labute approximate surface area is 192 Å². The van der Waals surface area contributed by atoms with Gasteiger partial charge in [0.15, 0.2) is 0 Å². The van der Waals surface area contributed by atoms with Crippen molar-refractivity contribution in [3.63, 3.8) is 0 Å². The number of amides is 1. The number of rotatable bonds is 6. The van der Waals surface area contributed by atoms with E-state index < -0.39 is 51.3 Å². The van der Waals surface area contributed by atoms with Crippen molar-refractivity contribution in [3.8, 4) is 0 Å². The summed E-state index contributed by atoms with van der Waals surface area (Å²) in [5.74, 6) is -2.03. The van der Waals surface area contributed by atoms with Gasteiger partial charge >= 0.3 is 11.7 Å². The Balaban J connectivity index is 1.78. The van der Waals surface area contributed by atoms with Gasteiger partial charge in [-0.3, -0.25) is 4.79 Å². The third kappa shape index (κ3) is 5.54. The topological polar surface area (TPSA) is 63.7 Å². The molecular formula is C22H21F6NO4S. The van der Waals surface area contributed by atoms with Crippen LogP contribution in [-0.4, -0.2) is 44.1 Å². The van der Waals surface area contributed by atoms with E-state index >= 15 is 0 Å². The number of nitrogens with zero attached hydrogens (tertiary/aromatic N) is 1. The number of halogens is 6. The van der Waals surface area contributed by atoms with Crippen LogP contribution in [0.3, 0.4) is 0 Å². The number of sulfone groups is 1. The van der Waals surface area contributed by atoms with Gasteiger partial charge < -0.3 is 9.64 Å². The monoisotopic (exact) mass is 509 g/mol. The highest BCUT2D eigenvalue weighted by Gasteiger charge is 2.45. The van der Waals surface area contributed by atoms with Crippen LogP contribution >= 0.6 is 0 Å². The van der Waals surface area contributed by atoms with Crippen molar-refractivity contribution in [3.05, 3.63) is 70.3 Å². The van der Waals surface area contributed by atoms with Crippen LogP contribution in [0.25, 0.3) is 0 Å². The molecule has 1 amide bonds. The molecule has 0 saturated carbocycles. The lowest BCUT2D eigenvalue weighted by Gasteiger charge is -2.32. The number of methoxy groups -OCH3 is 1. The molecule has 2 aromatic rings. The van der Waals surface area contributed by atoms with E-state index in [1.807, 2.05) is 0 Å². The highest BCUT2D eigenvalue weighted by molar-refractivity contribution is 7.92. The molecule has 1 aliphatic rings. The van der Waals surface area contributed by atoms with E-state index in [0.29, 0.717) is 23.1 Å². The van der Waals surface area contributed by atoms with Crippen molar-refractivity contribution in [1.82, 2.24) is 4.90 Å². The molecule has 0 aliphatic carbocycles. The number of ether oxygens (including phenoxy) is 1. The summed E-state index contributed by atoms with van der Waals surface area (Å²) in [4.78, 5) is 13.7. The van der Waals surface area contributed by atoms with Gasteiger partial charge in [0, 0.05) is 26.6 Å². The van der Waals surface area contributed by atoms with Crippen LogP contribution < -0.4 is 0 Å². The molecule has 186 valence electrons. The molecule has 5 nitrogen and oxygen atoms in total. The maximum atomic E-state index is 12.9. The second-order valence-corrected chi connectivity index (χ2v) is 9.90. The van der Waals surface area contributed by atoms with E-state index in [2.05, 4.69) is 0 Å². The van der Waals surface area contributed by atoms with Crippen LogP contribution in [0.5, 0.6) is 0 Å². The average molecular weight is 509 g/mol. The van der Waals surface area contributed by atoms with E-state index in [9.17, 15) is 39.6 Å². The highest BCUT2D eigenvalue weighted by Crippen LogP contribution is 2.35. The number of hydrogen-bond acceptors (Lipinski definition) is 4. The lowest BCUT2D eigenvalue weighted by atomic mass is 9.89. The van der Waals surface area contributed by atoms with Gasteiger partial charge in [-0.1, -0.05) is 30.3 Å². The van der Waals surface area contributed by atoms with Gasteiger partial charge in [-0.15, -0.1) is 0 Å². The summed E-state index contributed by atoms with van der Waals surface area (Å²) < 4.78 is 104. The van der Waals surface area contributed by atoms with Crippen molar-refractivity contribution >= 4 is 15.7 Å². The second kappa shape index (κ2) is 9.57. The first-order valence-corrected chi connectivity index (χ1v) is 11.8. The van der Waals surface area contributed by atoms with Crippen LogP contribution in [0.1, 0.15) is 40.3 Å². The third-order valence-electron chi connectivity index (χ3n) is 5.65. The number of carbonyl (C=O) groups excluding carboxylic acids is 1. The summed E-state index contributed by atoms with van der Waals surface area (Å²) in [6.07, 6.45) is -5.61. The maximum Gasteiger partial charge on any atom is 0.497 e. The first-order valence-electron chi connectivity index (χ1n) is 10.1. The molecule has 3 rings (SSSR count). The fourth-order valence-corrected chi connectivity index (χ4v) is 4.56. The van der Waals surface area contributed by atoms with Crippen molar-refractivity contribution in [2.45, 2.75) is 37.2 Å². The molecule has 34 heavy (non-hydrogen) atoms. The van der Waals surface area contributed by atoms with Crippen molar-refractivity contribution in [2.75, 3.05) is 19.4 Å². The third-order valence-corrected chi connectivity index (χ3v) is 7.10. The van der Waals surface area contributed by atoms with Crippen molar-refractivity contribution < 1.29 is 44.3 Å². The Morgan fingerprint density at radius 2 is 1.71 bits per heavy atom. The van der Waals surface area contributed by atoms with Crippen molar-refractivity contribution in [2.24, 2.45) is 0 Å². The predicted molar refractivity (Wildman–Crippen MR) is 110 cm³/mol. The molecule has 0 aromatic heterocycles. The Bertz CT molecular complexity index is 1140. The molecule has 1 unspecified atom stereocenters. The number of carbonyl (C=O) groups is 1. The average Bonchev–Trinajstić information content (AvgIpc) is 2.77. The first-order chi connectivity index (χ1) is 15.7. The molecule has 12 heteroatoms. The minimum atomic E-state index is -5.41. The van der Waals surface area contributed by atoms with Gasteiger partial charge in [0.1, 0.15) is 6.10 Å². The van der Waals surface area contributed by atoms with Gasteiger partial charge in [0.2, 0.25) is 15.7 Å². The van der Waals surface area contributed by atoms with Gasteiger partial charge in [0.05, 0.1) is 11.3 Å². The summed E-state index contributed by atoms with van der Waals surface area (Å²) in [7, 11) is -3.97. The smallest absolute Gasteiger partial charge is 0.372 e. The molecule has 0 spiro atoms. The van der Waals surface area contributed by atoms with E-state index in [1.165, 1.54) is 24.1 Å². The summed E-state index contributed by atoms with van der Waals surface area (Å²) >= 11 is 0. The molecular weight excluding hydrogens is 488 g/mol. The highest BCUT2D eigenvalue weighted by atomic mass is 32.2. The molecule has 0 saturated heterocycles. The summed E-state index contributed by atoms with van der Waals surface area (Å²) in [6, 6.07) is 9.76. The Kier molecular flexibility index (Phi) is 7.32. The maximum absolute atomic E-state index is 12.9. The zero-order valence-electron chi connectivity index (χ0n) is 17.9.